The molecule has 0 aromatic carbocycles. The van der Waals surface area contributed by atoms with Crippen molar-refractivity contribution >= 4 is 5.97 Å². The van der Waals surface area contributed by atoms with Gasteiger partial charge in [-0.25, -0.2) is 0 Å². The number of aliphatic carboxylic acids is 1. The van der Waals surface area contributed by atoms with Crippen LogP contribution in [-0.4, -0.2) is 62.9 Å². The average molecular weight is 294 g/mol. The van der Waals surface area contributed by atoms with Crippen molar-refractivity contribution in [2.75, 3.05) is 13.1 Å². The van der Waals surface area contributed by atoms with Crippen molar-refractivity contribution in [2.24, 2.45) is 5.73 Å². The number of nitrogens with one attached hydrogen (secondary N) is 1. The van der Waals surface area contributed by atoms with Crippen LogP contribution in [0.5, 0.6) is 0 Å². The SMILES string of the molecule is CC(O)C(=O)[O-].NCCNC(O)CC(O)(O)O.[K+]. The Labute approximate surface area is 147 Å². The van der Waals surface area contributed by atoms with E-state index in [9.17, 15) is 9.90 Å². The summed E-state index contributed by atoms with van der Waals surface area (Å²) < 4.78 is 0. The predicted octanol–water partition coefficient (Wildman–Crippen LogP) is -8.00. The van der Waals surface area contributed by atoms with Crippen LogP contribution in [0.2, 0.25) is 0 Å². The second-order valence-electron chi connectivity index (χ2n) is 3.23. The Hall–Kier alpha value is 0.826. The molecule has 0 spiro atoms. The Morgan fingerprint density at radius 1 is 1.39 bits per heavy atom. The minimum atomic E-state index is -2.83. The molecule has 0 heterocycles. The molecule has 2 unspecified atom stereocenters. The van der Waals surface area contributed by atoms with Gasteiger partial charge in [-0.1, -0.05) is 0 Å². The summed E-state index contributed by atoms with van der Waals surface area (Å²) in [5, 5.41) is 53.7. The van der Waals surface area contributed by atoms with Gasteiger partial charge in [-0.15, -0.1) is 0 Å². The number of aliphatic hydroxyl groups is 5. The van der Waals surface area contributed by atoms with Gasteiger partial charge in [0.25, 0.3) is 5.97 Å². The maximum absolute atomic E-state index is 9.34. The van der Waals surface area contributed by atoms with Gasteiger partial charge in [0.2, 0.25) is 0 Å². The fourth-order valence-corrected chi connectivity index (χ4v) is 0.582. The summed E-state index contributed by atoms with van der Waals surface area (Å²) >= 11 is 0. The van der Waals surface area contributed by atoms with Gasteiger partial charge in [0.15, 0.2) is 0 Å². The van der Waals surface area contributed by atoms with Gasteiger partial charge in [-0.3, -0.25) is 5.32 Å². The zero-order valence-electron chi connectivity index (χ0n) is 10.4. The Kier molecular flexibility index (Phi) is 17.0. The smallest absolute Gasteiger partial charge is 0.547 e. The van der Waals surface area contributed by atoms with Crippen LogP contribution in [0.15, 0.2) is 0 Å². The maximum Gasteiger partial charge on any atom is 1.00 e. The molecular weight excluding hydrogens is 275 g/mol. The molecule has 0 aromatic heterocycles. The second-order valence-corrected chi connectivity index (χ2v) is 3.23. The summed E-state index contributed by atoms with van der Waals surface area (Å²) in [5.41, 5.74) is 5.08. The molecule has 0 aromatic rings. The monoisotopic (exact) mass is 294 g/mol. The van der Waals surface area contributed by atoms with Crippen molar-refractivity contribution in [3.05, 3.63) is 0 Å². The third-order valence-electron chi connectivity index (χ3n) is 1.33. The number of carbonyl (C=O) groups is 1. The number of nitrogens with two attached hydrogens (primary N) is 1. The van der Waals surface area contributed by atoms with E-state index in [-0.39, 0.29) is 51.4 Å². The third-order valence-corrected chi connectivity index (χ3v) is 1.33. The molecule has 104 valence electrons. The number of carboxylic acids is 1. The molecule has 0 aliphatic heterocycles. The average Bonchev–Trinajstić information content (AvgIpc) is 2.12. The van der Waals surface area contributed by atoms with Crippen LogP contribution >= 0.6 is 0 Å². The van der Waals surface area contributed by atoms with E-state index in [2.05, 4.69) is 5.32 Å². The third kappa shape index (κ3) is 22.0. The minimum absolute atomic E-state index is 0. The first-order valence-electron chi connectivity index (χ1n) is 4.77. The van der Waals surface area contributed by atoms with Gasteiger partial charge in [0.1, 0.15) is 6.23 Å². The Morgan fingerprint density at radius 3 is 2.00 bits per heavy atom. The van der Waals surface area contributed by atoms with Crippen molar-refractivity contribution in [3.8, 4) is 0 Å². The molecule has 18 heavy (non-hydrogen) atoms. The van der Waals surface area contributed by atoms with Crippen molar-refractivity contribution in [3.63, 3.8) is 0 Å². The van der Waals surface area contributed by atoms with Gasteiger partial charge in [-0.2, -0.15) is 0 Å². The van der Waals surface area contributed by atoms with Crippen LogP contribution in [0.25, 0.3) is 0 Å². The van der Waals surface area contributed by atoms with E-state index >= 15 is 0 Å². The molecule has 0 rings (SSSR count). The summed E-state index contributed by atoms with van der Waals surface area (Å²) in [7, 11) is 0. The molecule has 0 radical (unpaired) electrons. The Bertz CT molecular complexity index is 210. The van der Waals surface area contributed by atoms with Crippen LogP contribution in [0, 0.1) is 0 Å². The summed E-state index contributed by atoms with van der Waals surface area (Å²) in [6.07, 6.45) is -3.09. The Morgan fingerprint density at radius 2 is 1.78 bits per heavy atom. The number of rotatable bonds is 6. The molecule has 0 bridgehead atoms. The topological polar surface area (TPSA) is 179 Å². The van der Waals surface area contributed by atoms with E-state index in [1.807, 2.05) is 0 Å². The first kappa shape index (κ1) is 23.9. The molecule has 0 saturated carbocycles. The normalized spacial score (nSPS) is 13.7. The molecule has 0 amide bonds. The second kappa shape index (κ2) is 12.8. The van der Waals surface area contributed by atoms with Crippen LogP contribution in [0.1, 0.15) is 13.3 Å². The minimum Gasteiger partial charge on any atom is -0.547 e. The molecule has 0 aliphatic rings. The van der Waals surface area contributed by atoms with E-state index in [4.69, 9.17) is 31.3 Å². The number of carboxylic acid groups (broad SMARTS) is 1. The van der Waals surface area contributed by atoms with Crippen LogP contribution in [0.4, 0.5) is 0 Å². The van der Waals surface area contributed by atoms with Crippen LogP contribution < -0.4 is 67.5 Å². The predicted molar refractivity (Wildman–Crippen MR) is 53.8 cm³/mol. The van der Waals surface area contributed by atoms with Crippen LogP contribution in [-0.2, 0) is 4.79 Å². The summed E-state index contributed by atoms with van der Waals surface area (Å²) in [6.45, 7) is 1.80. The number of carbonyl (C=O) groups excluding carboxylic acids is 1. The van der Waals surface area contributed by atoms with Crippen molar-refractivity contribution in [1.82, 2.24) is 5.32 Å². The van der Waals surface area contributed by atoms with Gasteiger partial charge < -0.3 is 41.2 Å². The standard InChI is InChI=1S/C5H14N2O4.C3H6O3.K/c6-1-2-7-4(8)3-5(9,10)11;1-2(4)3(5)6;/h4,7-11H,1-3,6H2;2,4H,1H3,(H,5,6);/q;;+1/p-1. The van der Waals surface area contributed by atoms with E-state index < -0.39 is 30.7 Å². The fourth-order valence-electron chi connectivity index (χ4n) is 0.582. The van der Waals surface area contributed by atoms with Crippen LogP contribution in [0.3, 0.4) is 0 Å². The molecule has 0 aliphatic carbocycles. The quantitative estimate of drug-likeness (QED) is 0.185. The number of hydrogen-bond donors (Lipinski definition) is 7. The molecule has 9 nitrogen and oxygen atoms in total. The number of aliphatic hydroxyl groups excluding tert-OH is 2. The van der Waals surface area contributed by atoms with Crippen molar-refractivity contribution < 1.29 is 86.8 Å². The molecule has 10 heteroatoms. The van der Waals surface area contributed by atoms with Crippen molar-refractivity contribution in [2.45, 2.75) is 31.6 Å². The summed E-state index contributed by atoms with van der Waals surface area (Å²) in [4.78, 5) is 9.34. The molecule has 0 saturated heterocycles. The fraction of sp³-hybridized carbons (Fsp3) is 0.875. The summed E-state index contributed by atoms with van der Waals surface area (Å²) in [6, 6.07) is 0. The largest absolute Gasteiger partial charge is 1.00 e. The first-order chi connectivity index (χ1) is 7.60. The van der Waals surface area contributed by atoms with E-state index in [1.54, 1.807) is 0 Å². The van der Waals surface area contributed by atoms with E-state index in [1.165, 1.54) is 0 Å². The van der Waals surface area contributed by atoms with Gasteiger partial charge in [-0.05, 0) is 6.92 Å². The molecule has 2 atom stereocenters. The molecule has 0 fully saturated rings. The Balaban J connectivity index is -0.000000277. The van der Waals surface area contributed by atoms with Gasteiger partial charge in [0, 0.05) is 13.1 Å². The zero-order chi connectivity index (χ0) is 14.1. The zero-order valence-corrected chi connectivity index (χ0v) is 13.5. The van der Waals surface area contributed by atoms with Crippen molar-refractivity contribution in [1.29, 1.82) is 0 Å². The van der Waals surface area contributed by atoms with E-state index in [0.29, 0.717) is 13.1 Å². The molecule has 8 N–H and O–H groups in total. The summed E-state index contributed by atoms with van der Waals surface area (Å²) in [5.74, 6) is -4.27. The van der Waals surface area contributed by atoms with Gasteiger partial charge >= 0.3 is 51.4 Å². The number of hydrogen-bond acceptors (Lipinski definition) is 9. The first-order valence-corrected chi connectivity index (χ1v) is 4.77. The maximum atomic E-state index is 9.34. The van der Waals surface area contributed by atoms with E-state index in [0.717, 1.165) is 6.92 Å². The van der Waals surface area contributed by atoms with Gasteiger partial charge in [0.05, 0.1) is 18.5 Å². The molecular formula is C8H19KN2O7.